The minimum atomic E-state index is -0.110. The lowest BCUT2D eigenvalue weighted by Crippen LogP contribution is -2.40. The van der Waals surface area contributed by atoms with Crippen LogP contribution in [0.2, 0.25) is 0 Å². The second kappa shape index (κ2) is 5.40. The molecule has 0 radical (unpaired) electrons. The van der Waals surface area contributed by atoms with Crippen molar-refractivity contribution in [2.24, 2.45) is 0 Å². The van der Waals surface area contributed by atoms with E-state index in [1.54, 1.807) is 0 Å². The Labute approximate surface area is 112 Å². The van der Waals surface area contributed by atoms with Gasteiger partial charge in [0.2, 0.25) is 0 Å². The molecule has 1 aromatic heterocycles. The predicted octanol–water partition coefficient (Wildman–Crippen LogP) is -0.191. The van der Waals surface area contributed by atoms with Crippen molar-refractivity contribution >= 4 is 0 Å². The Morgan fingerprint density at radius 1 is 1.53 bits per heavy atom. The first kappa shape index (κ1) is 12.8. The van der Waals surface area contributed by atoms with Crippen LogP contribution in [-0.2, 0) is 17.7 Å². The summed E-state index contributed by atoms with van der Waals surface area (Å²) in [5.74, 6) is 0.684. The monoisotopic (exact) mass is 264 g/mol. The first-order valence-electron chi connectivity index (χ1n) is 6.94. The topological polar surface area (TPSA) is 70.2 Å². The minimum absolute atomic E-state index is 0.0237. The van der Waals surface area contributed by atoms with Crippen LogP contribution in [0.15, 0.2) is 4.79 Å². The molecule has 0 bridgehead atoms. The number of aromatic amines is 1. The molecule has 1 saturated heterocycles. The van der Waals surface area contributed by atoms with E-state index in [2.05, 4.69) is 27.1 Å². The van der Waals surface area contributed by atoms with Crippen LogP contribution >= 0.6 is 0 Å². The number of aromatic nitrogens is 2. The number of hydrogen-bond acceptors (Lipinski definition) is 5. The Balaban J connectivity index is 1.88. The van der Waals surface area contributed by atoms with Crippen LogP contribution in [0.1, 0.15) is 30.1 Å². The largest absolute Gasteiger partial charge is 0.368 e. The molecule has 0 aliphatic carbocycles. The van der Waals surface area contributed by atoms with E-state index in [4.69, 9.17) is 4.74 Å². The number of rotatable bonds is 2. The number of H-pyrrole nitrogens is 1. The van der Waals surface area contributed by atoms with Gasteiger partial charge in [0.1, 0.15) is 11.9 Å². The third-order valence-electron chi connectivity index (χ3n) is 3.86. The van der Waals surface area contributed by atoms with Crippen molar-refractivity contribution in [3.8, 4) is 0 Å². The number of likely N-dealkylation sites (N-methyl/N-ethyl adjacent to an activating group) is 1. The van der Waals surface area contributed by atoms with E-state index in [-0.39, 0.29) is 11.7 Å². The van der Waals surface area contributed by atoms with Gasteiger partial charge in [-0.1, -0.05) is 6.92 Å². The van der Waals surface area contributed by atoms with Crippen LogP contribution in [0.5, 0.6) is 0 Å². The summed E-state index contributed by atoms with van der Waals surface area (Å²) in [5, 5.41) is 3.20. The Bertz CT molecular complexity index is 514. The van der Waals surface area contributed by atoms with E-state index in [1.807, 2.05) is 0 Å². The van der Waals surface area contributed by atoms with Crippen LogP contribution < -0.4 is 10.9 Å². The van der Waals surface area contributed by atoms with Crippen molar-refractivity contribution in [1.29, 1.82) is 0 Å². The summed E-state index contributed by atoms with van der Waals surface area (Å²) in [6, 6.07) is 0. The molecule has 0 aromatic carbocycles. The van der Waals surface area contributed by atoms with Gasteiger partial charge in [-0.3, -0.25) is 9.69 Å². The second-order valence-electron chi connectivity index (χ2n) is 5.06. The van der Waals surface area contributed by atoms with Gasteiger partial charge in [-0.15, -0.1) is 0 Å². The van der Waals surface area contributed by atoms with Crippen LogP contribution in [0.25, 0.3) is 0 Å². The smallest absolute Gasteiger partial charge is 0.255 e. The molecule has 2 aliphatic rings. The summed E-state index contributed by atoms with van der Waals surface area (Å²) in [7, 11) is 0. The quantitative estimate of drug-likeness (QED) is 0.775. The Morgan fingerprint density at radius 3 is 3.26 bits per heavy atom. The van der Waals surface area contributed by atoms with E-state index < -0.39 is 0 Å². The van der Waals surface area contributed by atoms with Crippen molar-refractivity contribution in [3.63, 3.8) is 0 Å². The van der Waals surface area contributed by atoms with Gasteiger partial charge in [-0.25, -0.2) is 4.98 Å². The number of nitrogens with one attached hydrogen (secondary N) is 2. The molecule has 104 valence electrons. The molecule has 1 unspecified atom stereocenters. The van der Waals surface area contributed by atoms with Crippen molar-refractivity contribution < 1.29 is 4.74 Å². The van der Waals surface area contributed by atoms with Crippen LogP contribution in [0.3, 0.4) is 0 Å². The van der Waals surface area contributed by atoms with Crippen molar-refractivity contribution in [2.75, 3.05) is 32.8 Å². The molecule has 0 saturated carbocycles. The zero-order chi connectivity index (χ0) is 13.2. The molecule has 6 heteroatoms. The zero-order valence-electron chi connectivity index (χ0n) is 11.2. The third kappa shape index (κ3) is 2.56. The second-order valence-corrected chi connectivity index (χ2v) is 5.06. The van der Waals surface area contributed by atoms with Gasteiger partial charge in [-0.05, 0) is 6.54 Å². The van der Waals surface area contributed by atoms with Gasteiger partial charge in [0, 0.05) is 32.6 Å². The van der Waals surface area contributed by atoms with Gasteiger partial charge in [-0.2, -0.15) is 0 Å². The molecule has 2 N–H and O–H groups in total. The van der Waals surface area contributed by atoms with E-state index in [0.717, 1.165) is 43.9 Å². The molecule has 6 nitrogen and oxygen atoms in total. The van der Waals surface area contributed by atoms with Crippen LogP contribution in [0, 0.1) is 0 Å². The summed E-state index contributed by atoms with van der Waals surface area (Å²) in [5.41, 5.74) is 1.68. The Morgan fingerprint density at radius 2 is 2.42 bits per heavy atom. The molecule has 1 fully saturated rings. The SMILES string of the molecule is CCN1CCOC(c2nc3c(c(=O)[nH]2)CNCC3)C1. The molecule has 1 atom stereocenters. The Kier molecular flexibility index (Phi) is 3.63. The zero-order valence-corrected chi connectivity index (χ0v) is 11.2. The molecule has 19 heavy (non-hydrogen) atoms. The van der Waals surface area contributed by atoms with Crippen LogP contribution in [-0.4, -0.2) is 47.7 Å². The number of morpholine rings is 1. The van der Waals surface area contributed by atoms with E-state index >= 15 is 0 Å². The van der Waals surface area contributed by atoms with E-state index in [1.165, 1.54) is 0 Å². The molecule has 3 heterocycles. The highest BCUT2D eigenvalue weighted by molar-refractivity contribution is 5.21. The van der Waals surface area contributed by atoms with Gasteiger partial charge in [0.05, 0.1) is 17.9 Å². The lowest BCUT2D eigenvalue weighted by Gasteiger charge is -2.31. The normalized spacial score (nSPS) is 24.2. The number of nitrogens with zero attached hydrogens (tertiary/aromatic N) is 2. The Hall–Kier alpha value is -1.24. The highest BCUT2D eigenvalue weighted by atomic mass is 16.5. The van der Waals surface area contributed by atoms with E-state index in [0.29, 0.717) is 19.0 Å². The average Bonchev–Trinajstić information content (AvgIpc) is 2.47. The maximum absolute atomic E-state index is 12.1. The fraction of sp³-hybridized carbons (Fsp3) is 0.692. The lowest BCUT2D eigenvalue weighted by molar-refractivity contribution is -0.0328. The standard InChI is InChI=1S/C13H20N4O2/c1-2-17-5-6-19-11(8-17)12-15-10-3-4-14-7-9(10)13(18)16-12/h11,14H,2-8H2,1H3,(H,15,16,18). The first-order chi connectivity index (χ1) is 9.28. The summed E-state index contributed by atoms with van der Waals surface area (Å²) in [6.07, 6.45) is 0.706. The number of fused-ring (bicyclic) bond motifs is 1. The highest BCUT2D eigenvalue weighted by Gasteiger charge is 2.25. The van der Waals surface area contributed by atoms with Gasteiger partial charge in [0.15, 0.2) is 0 Å². The highest BCUT2D eigenvalue weighted by Crippen LogP contribution is 2.19. The number of ether oxygens (including phenoxy) is 1. The average molecular weight is 264 g/mol. The summed E-state index contributed by atoms with van der Waals surface area (Å²) in [6.45, 7) is 7.08. The van der Waals surface area contributed by atoms with Gasteiger partial charge < -0.3 is 15.0 Å². The van der Waals surface area contributed by atoms with Crippen molar-refractivity contribution in [1.82, 2.24) is 20.2 Å². The summed E-state index contributed by atoms with van der Waals surface area (Å²) in [4.78, 5) is 21.9. The van der Waals surface area contributed by atoms with E-state index in [9.17, 15) is 4.79 Å². The predicted molar refractivity (Wildman–Crippen MR) is 71.1 cm³/mol. The maximum atomic E-state index is 12.1. The van der Waals surface area contributed by atoms with Crippen molar-refractivity contribution in [3.05, 3.63) is 27.4 Å². The molecule has 0 spiro atoms. The third-order valence-corrected chi connectivity index (χ3v) is 3.86. The van der Waals surface area contributed by atoms with Gasteiger partial charge in [0.25, 0.3) is 5.56 Å². The fourth-order valence-corrected chi connectivity index (χ4v) is 2.68. The van der Waals surface area contributed by atoms with Gasteiger partial charge >= 0.3 is 0 Å². The first-order valence-corrected chi connectivity index (χ1v) is 6.94. The van der Waals surface area contributed by atoms with Crippen LogP contribution in [0.4, 0.5) is 0 Å². The molecule has 0 amide bonds. The summed E-state index contributed by atoms with van der Waals surface area (Å²) >= 11 is 0. The lowest BCUT2D eigenvalue weighted by atomic mass is 10.1. The molecule has 2 aliphatic heterocycles. The molecule has 3 rings (SSSR count). The molecular formula is C13H20N4O2. The maximum Gasteiger partial charge on any atom is 0.255 e. The minimum Gasteiger partial charge on any atom is -0.368 e. The van der Waals surface area contributed by atoms with Crippen molar-refractivity contribution in [2.45, 2.75) is 26.0 Å². The summed E-state index contributed by atoms with van der Waals surface area (Å²) < 4.78 is 5.75. The number of hydrogen-bond donors (Lipinski definition) is 2. The molecular weight excluding hydrogens is 244 g/mol. The fourth-order valence-electron chi connectivity index (χ4n) is 2.68. The molecule has 1 aromatic rings.